The number of benzene rings is 1. The first-order chi connectivity index (χ1) is 13.6. The molecule has 0 saturated heterocycles. The van der Waals surface area contributed by atoms with Gasteiger partial charge in [0.25, 0.3) is 0 Å². The quantitative estimate of drug-likeness (QED) is 0.367. The zero-order valence-electron chi connectivity index (χ0n) is 15.3. The number of nitrogens with zero attached hydrogens (tertiary/aromatic N) is 1. The topological polar surface area (TPSA) is 57.2 Å². The van der Waals surface area contributed by atoms with Crippen LogP contribution < -0.4 is 10.6 Å². The maximum absolute atomic E-state index is 13.4. The SMILES string of the molecule is O[C@H](CNCCNC1CC1)c1cc(C(F)(F)F)nc2c(S(F)(F)(F)(F)F)cccc12. The van der Waals surface area contributed by atoms with Gasteiger partial charge in [0.1, 0.15) is 10.6 Å². The van der Waals surface area contributed by atoms with E-state index in [2.05, 4.69) is 15.6 Å². The van der Waals surface area contributed by atoms with Crippen LogP contribution in [0.3, 0.4) is 0 Å². The third-order valence-electron chi connectivity index (χ3n) is 4.55. The minimum absolute atomic E-state index is 0.00496. The summed E-state index contributed by atoms with van der Waals surface area (Å²) in [6, 6.07) is 2.36. The molecule has 0 unspecified atom stereocenters. The van der Waals surface area contributed by atoms with Crippen LogP contribution in [0.5, 0.6) is 0 Å². The van der Waals surface area contributed by atoms with Gasteiger partial charge in [0.2, 0.25) is 0 Å². The molecule has 1 saturated carbocycles. The maximum Gasteiger partial charge on any atom is 0.433 e. The molecule has 1 aliphatic rings. The van der Waals surface area contributed by atoms with Gasteiger partial charge in [0, 0.05) is 31.1 Å². The fourth-order valence-electron chi connectivity index (χ4n) is 2.98. The monoisotopic (exact) mass is 465 g/mol. The van der Waals surface area contributed by atoms with Crippen LogP contribution >= 0.6 is 10.2 Å². The number of pyridine rings is 1. The molecule has 0 amide bonds. The molecule has 1 aromatic carbocycles. The van der Waals surface area contributed by atoms with Gasteiger partial charge in [-0.25, -0.2) is 4.98 Å². The highest BCUT2D eigenvalue weighted by atomic mass is 32.5. The van der Waals surface area contributed by atoms with Gasteiger partial charge in [-0.3, -0.25) is 0 Å². The molecule has 0 aliphatic heterocycles. The van der Waals surface area contributed by atoms with Crippen LogP contribution in [0.25, 0.3) is 10.9 Å². The third kappa shape index (κ3) is 5.50. The van der Waals surface area contributed by atoms with E-state index < -0.39 is 49.6 Å². The predicted molar refractivity (Wildman–Crippen MR) is 97.0 cm³/mol. The molecule has 2 aromatic rings. The fraction of sp³-hybridized carbons (Fsp3) is 0.471. The maximum atomic E-state index is 13.4. The first kappa shape index (κ1) is 23.0. The van der Waals surface area contributed by atoms with Crippen LogP contribution in [0, 0.1) is 0 Å². The molecule has 0 bridgehead atoms. The number of hydrogen-bond donors (Lipinski definition) is 3. The van der Waals surface area contributed by atoms with Crippen LogP contribution in [-0.2, 0) is 6.18 Å². The number of aliphatic hydroxyl groups excluding tert-OH is 1. The lowest BCUT2D eigenvalue weighted by Gasteiger charge is -2.41. The van der Waals surface area contributed by atoms with Crippen molar-refractivity contribution >= 4 is 21.1 Å². The highest BCUT2D eigenvalue weighted by Gasteiger charge is 2.66. The first-order valence-electron chi connectivity index (χ1n) is 8.93. The number of hydrogen-bond acceptors (Lipinski definition) is 4. The van der Waals surface area contributed by atoms with Crippen molar-refractivity contribution in [2.24, 2.45) is 0 Å². The van der Waals surface area contributed by atoms with Crippen LogP contribution in [0.2, 0.25) is 0 Å². The molecule has 0 spiro atoms. The molecule has 3 rings (SSSR count). The average Bonchev–Trinajstić information content (AvgIpc) is 3.41. The van der Waals surface area contributed by atoms with E-state index in [0.29, 0.717) is 31.3 Å². The summed E-state index contributed by atoms with van der Waals surface area (Å²) >= 11 is 0. The Morgan fingerprint density at radius 3 is 2.33 bits per heavy atom. The van der Waals surface area contributed by atoms with Gasteiger partial charge in [0.05, 0.1) is 11.6 Å². The van der Waals surface area contributed by atoms with Gasteiger partial charge in [-0.15, -0.1) is 0 Å². The van der Waals surface area contributed by atoms with E-state index in [1.807, 2.05) is 0 Å². The third-order valence-corrected chi connectivity index (χ3v) is 5.71. The highest BCUT2D eigenvalue weighted by Crippen LogP contribution is 3.02. The Bertz CT molecular complexity index is 945. The molecule has 1 fully saturated rings. The van der Waals surface area contributed by atoms with Gasteiger partial charge in [-0.05, 0) is 30.5 Å². The van der Waals surface area contributed by atoms with Crippen LogP contribution in [0.4, 0.5) is 32.6 Å². The summed E-state index contributed by atoms with van der Waals surface area (Å²) in [7, 11) is -10.3. The second-order valence-corrected chi connectivity index (χ2v) is 9.54. The van der Waals surface area contributed by atoms with Crippen LogP contribution in [-0.4, -0.2) is 35.8 Å². The zero-order chi connectivity index (χ0) is 22.4. The number of aliphatic hydroxyl groups is 1. The molecule has 1 aromatic heterocycles. The minimum Gasteiger partial charge on any atom is -0.387 e. The van der Waals surface area contributed by atoms with E-state index in [1.54, 1.807) is 0 Å². The van der Waals surface area contributed by atoms with Gasteiger partial charge < -0.3 is 15.7 Å². The van der Waals surface area contributed by atoms with E-state index in [4.69, 9.17) is 0 Å². The summed E-state index contributed by atoms with van der Waals surface area (Å²) in [5.41, 5.74) is -3.91. The standard InChI is InChI=1S/C17H19F8N3OS/c18-17(19,20)15-8-12(13(29)9-26-6-7-27-10-4-5-10)11-2-1-3-14(16(11)28-15)30(21,22,23,24)25/h1-3,8,10,13,26-27,29H,4-7,9H2/t13-/m1/s1. The highest BCUT2D eigenvalue weighted by molar-refractivity contribution is 8.46. The summed E-state index contributed by atoms with van der Waals surface area (Å²) in [4.78, 5) is 0.326. The van der Waals surface area contributed by atoms with E-state index in [1.165, 1.54) is 0 Å². The molecule has 13 heteroatoms. The lowest BCUT2D eigenvalue weighted by Crippen LogP contribution is -2.31. The van der Waals surface area contributed by atoms with Crippen LogP contribution in [0.1, 0.15) is 30.2 Å². The first-order valence-corrected chi connectivity index (χ1v) is 10.9. The molecule has 0 radical (unpaired) electrons. The second kappa shape index (κ2) is 6.90. The van der Waals surface area contributed by atoms with Gasteiger partial charge in [-0.2, -0.15) is 13.2 Å². The minimum atomic E-state index is -10.3. The van der Waals surface area contributed by atoms with Crippen molar-refractivity contribution in [2.45, 2.75) is 36.1 Å². The van der Waals surface area contributed by atoms with E-state index >= 15 is 0 Å². The Labute approximate surface area is 166 Å². The number of alkyl halides is 3. The van der Waals surface area contributed by atoms with E-state index in [9.17, 15) is 37.7 Å². The van der Waals surface area contributed by atoms with Crippen molar-refractivity contribution < 1.29 is 37.7 Å². The number of nitrogens with one attached hydrogen (secondary N) is 2. The molecule has 170 valence electrons. The fourth-order valence-corrected chi connectivity index (χ4v) is 3.84. The van der Waals surface area contributed by atoms with Crippen molar-refractivity contribution in [1.29, 1.82) is 0 Å². The Hall–Kier alpha value is -1.70. The van der Waals surface area contributed by atoms with Gasteiger partial charge in [0.15, 0.2) is 0 Å². The molecule has 3 N–H and O–H groups in total. The van der Waals surface area contributed by atoms with Crippen LogP contribution in [0.15, 0.2) is 29.2 Å². The Kier molecular flexibility index (Phi) is 5.29. The molecule has 1 atom stereocenters. The number of fused-ring (bicyclic) bond motifs is 1. The zero-order valence-corrected chi connectivity index (χ0v) is 16.1. The van der Waals surface area contributed by atoms with Crippen molar-refractivity contribution in [1.82, 2.24) is 15.6 Å². The summed E-state index contributed by atoms with van der Waals surface area (Å²) in [6.45, 7) is 0.583. The number of halogens is 8. The lowest BCUT2D eigenvalue weighted by atomic mass is 10.0. The van der Waals surface area contributed by atoms with Gasteiger partial charge >= 0.3 is 16.4 Å². The summed E-state index contributed by atoms with van der Waals surface area (Å²) in [5, 5.41) is 15.6. The Balaban J connectivity index is 2.00. The predicted octanol–water partition coefficient (Wildman–Crippen LogP) is 5.29. The van der Waals surface area contributed by atoms with E-state index in [0.717, 1.165) is 18.9 Å². The van der Waals surface area contributed by atoms with E-state index in [-0.39, 0.29) is 12.6 Å². The molecule has 1 aliphatic carbocycles. The number of aromatic nitrogens is 1. The normalized spacial score (nSPS) is 18.8. The van der Waals surface area contributed by atoms with Crippen molar-refractivity contribution in [3.63, 3.8) is 0 Å². The largest absolute Gasteiger partial charge is 0.433 e. The summed E-state index contributed by atoms with van der Waals surface area (Å²) in [5.74, 6) is 0. The van der Waals surface area contributed by atoms with Crippen molar-refractivity contribution in [2.75, 3.05) is 19.6 Å². The van der Waals surface area contributed by atoms with Gasteiger partial charge in [-0.1, -0.05) is 31.6 Å². The average molecular weight is 465 g/mol. The number of para-hydroxylation sites is 1. The Morgan fingerprint density at radius 2 is 1.77 bits per heavy atom. The molecule has 30 heavy (non-hydrogen) atoms. The Morgan fingerprint density at radius 1 is 1.10 bits per heavy atom. The molecule has 4 nitrogen and oxygen atoms in total. The lowest BCUT2D eigenvalue weighted by molar-refractivity contribution is -0.141. The van der Waals surface area contributed by atoms with Crippen molar-refractivity contribution in [3.8, 4) is 0 Å². The second-order valence-electron chi connectivity index (χ2n) is 7.16. The summed E-state index contributed by atoms with van der Waals surface area (Å²) < 4.78 is 107. The van der Waals surface area contributed by atoms with Crippen molar-refractivity contribution in [3.05, 3.63) is 35.5 Å². The molecular weight excluding hydrogens is 446 g/mol. The molecular formula is C17H19F8N3OS. The number of rotatable bonds is 8. The summed E-state index contributed by atoms with van der Waals surface area (Å²) in [6.07, 6.45) is -4.79. The smallest absolute Gasteiger partial charge is 0.387 e. The molecule has 1 heterocycles.